The fraction of sp³-hybridized carbons (Fsp3) is 0.333. The zero-order valence-electron chi connectivity index (χ0n) is 16.9. The SMILES string of the molecule is CCNC(=NCCC(O)c1ccccc1)NCCc1noc(-c2ccccn2)n1.I. The maximum atomic E-state index is 10.2. The van der Waals surface area contributed by atoms with Crippen molar-refractivity contribution in [1.82, 2.24) is 25.8 Å². The van der Waals surface area contributed by atoms with Gasteiger partial charge in [-0.1, -0.05) is 41.6 Å². The number of nitrogens with zero attached hydrogens (tertiary/aromatic N) is 4. The molecule has 0 fully saturated rings. The van der Waals surface area contributed by atoms with Crippen LogP contribution >= 0.6 is 24.0 Å². The Hall–Kier alpha value is -2.53. The van der Waals surface area contributed by atoms with Crippen molar-refractivity contribution < 1.29 is 9.63 Å². The summed E-state index contributed by atoms with van der Waals surface area (Å²) in [5, 5.41) is 20.7. The summed E-state index contributed by atoms with van der Waals surface area (Å²) in [6, 6.07) is 15.2. The lowest BCUT2D eigenvalue weighted by atomic mass is 10.1. The topological polar surface area (TPSA) is 108 Å². The molecule has 2 heterocycles. The molecule has 0 aliphatic heterocycles. The van der Waals surface area contributed by atoms with Crippen molar-refractivity contribution in [2.75, 3.05) is 19.6 Å². The van der Waals surface area contributed by atoms with E-state index >= 15 is 0 Å². The largest absolute Gasteiger partial charge is 0.388 e. The van der Waals surface area contributed by atoms with Crippen LogP contribution < -0.4 is 10.6 Å². The lowest BCUT2D eigenvalue weighted by Crippen LogP contribution is -2.38. The van der Waals surface area contributed by atoms with Gasteiger partial charge in [0.05, 0.1) is 6.10 Å². The third-order valence-corrected chi connectivity index (χ3v) is 4.19. The lowest BCUT2D eigenvalue weighted by molar-refractivity contribution is 0.170. The number of aromatic nitrogens is 3. The van der Waals surface area contributed by atoms with Crippen LogP contribution in [-0.2, 0) is 6.42 Å². The van der Waals surface area contributed by atoms with Crippen LogP contribution in [-0.4, -0.2) is 45.8 Å². The number of aliphatic imine (C=N–C) groups is 1. The Bertz CT molecular complexity index is 889. The predicted molar refractivity (Wildman–Crippen MR) is 127 cm³/mol. The maximum Gasteiger partial charge on any atom is 0.276 e. The molecule has 30 heavy (non-hydrogen) atoms. The van der Waals surface area contributed by atoms with E-state index in [2.05, 4.69) is 30.8 Å². The Labute approximate surface area is 193 Å². The first-order chi connectivity index (χ1) is 14.3. The molecule has 9 heteroatoms. The van der Waals surface area contributed by atoms with Gasteiger partial charge in [0.15, 0.2) is 11.8 Å². The maximum absolute atomic E-state index is 10.2. The summed E-state index contributed by atoms with van der Waals surface area (Å²) in [6.07, 6.45) is 2.31. The van der Waals surface area contributed by atoms with Crippen molar-refractivity contribution in [3.8, 4) is 11.6 Å². The van der Waals surface area contributed by atoms with Crippen molar-refractivity contribution >= 4 is 29.9 Å². The predicted octanol–water partition coefficient (Wildman–Crippen LogP) is 2.97. The minimum Gasteiger partial charge on any atom is -0.388 e. The first-order valence-corrected chi connectivity index (χ1v) is 9.75. The molecule has 3 N–H and O–H groups in total. The van der Waals surface area contributed by atoms with Gasteiger partial charge in [-0.15, -0.1) is 24.0 Å². The highest BCUT2D eigenvalue weighted by atomic mass is 127. The van der Waals surface area contributed by atoms with Crippen LogP contribution in [0.4, 0.5) is 0 Å². The summed E-state index contributed by atoms with van der Waals surface area (Å²) in [5.41, 5.74) is 1.56. The summed E-state index contributed by atoms with van der Waals surface area (Å²) in [5.74, 6) is 1.71. The molecule has 0 saturated carbocycles. The highest BCUT2D eigenvalue weighted by Crippen LogP contribution is 2.15. The van der Waals surface area contributed by atoms with E-state index in [-0.39, 0.29) is 24.0 Å². The van der Waals surface area contributed by atoms with E-state index in [1.54, 1.807) is 6.20 Å². The molecular weight excluding hydrogens is 495 g/mol. The molecule has 0 amide bonds. The van der Waals surface area contributed by atoms with Crippen LogP contribution in [0.15, 0.2) is 64.2 Å². The zero-order valence-corrected chi connectivity index (χ0v) is 19.2. The fourth-order valence-corrected chi connectivity index (χ4v) is 2.72. The quantitative estimate of drug-likeness (QED) is 0.225. The Morgan fingerprint density at radius 3 is 2.67 bits per heavy atom. The number of nitrogens with one attached hydrogen (secondary N) is 2. The number of rotatable bonds is 9. The first-order valence-electron chi connectivity index (χ1n) is 9.75. The average Bonchev–Trinajstić information content (AvgIpc) is 3.24. The van der Waals surface area contributed by atoms with E-state index in [1.807, 2.05) is 55.5 Å². The van der Waals surface area contributed by atoms with Crippen LogP contribution in [0.25, 0.3) is 11.6 Å². The lowest BCUT2D eigenvalue weighted by Gasteiger charge is -2.12. The first kappa shape index (κ1) is 23.7. The molecule has 3 rings (SSSR count). The van der Waals surface area contributed by atoms with Gasteiger partial charge in [0.2, 0.25) is 0 Å². The van der Waals surface area contributed by atoms with E-state index < -0.39 is 6.10 Å². The highest BCUT2D eigenvalue weighted by Gasteiger charge is 2.10. The van der Waals surface area contributed by atoms with Crippen molar-refractivity contribution in [3.63, 3.8) is 0 Å². The highest BCUT2D eigenvalue weighted by molar-refractivity contribution is 14.0. The normalized spacial score (nSPS) is 12.1. The monoisotopic (exact) mass is 522 g/mol. The summed E-state index contributed by atoms with van der Waals surface area (Å²) in [6.45, 7) is 3.87. The fourth-order valence-electron chi connectivity index (χ4n) is 2.72. The van der Waals surface area contributed by atoms with E-state index in [1.165, 1.54) is 0 Å². The molecule has 1 aromatic carbocycles. The molecular formula is C21H27IN6O2. The van der Waals surface area contributed by atoms with Crippen LogP contribution in [0.5, 0.6) is 0 Å². The standard InChI is InChI=1S/C21H26N6O2.HI/c1-2-22-21(24-14-11-18(28)16-8-4-3-5-9-16)25-15-12-19-26-20(29-27-19)17-10-6-7-13-23-17;/h3-10,13,18,28H,2,11-12,14-15H2,1H3,(H2,22,24,25);1H. The molecule has 1 atom stereocenters. The second-order valence-corrected chi connectivity index (χ2v) is 6.38. The number of halogens is 1. The van der Waals surface area contributed by atoms with Gasteiger partial charge < -0.3 is 20.3 Å². The average molecular weight is 522 g/mol. The number of hydrogen-bond acceptors (Lipinski definition) is 6. The number of guanidine groups is 1. The van der Waals surface area contributed by atoms with E-state index in [4.69, 9.17) is 4.52 Å². The Morgan fingerprint density at radius 1 is 1.13 bits per heavy atom. The van der Waals surface area contributed by atoms with E-state index in [9.17, 15) is 5.11 Å². The second-order valence-electron chi connectivity index (χ2n) is 6.38. The molecule has 0 spiro atoms. The minimum atomic E-state index is -0.521. The van der Waals surface area contributed by atoms with Crippen molar-refractivity contribution in [1.29, 1.82) is 0 Å². The smallest absolute Gasteiger partial charge is 0.276 e. The van der Waals surface area contributed by atoms with Crippen LogP contribution in [0.2, 0.25) is 0 Å². The van der Waals surface area contributed by atoms with Crippen molar-refractivity contribution in [2.24, 2.45) is 4.99 Å². The van der Waals surface area contributed by atoms with Crippen LogP contribution in [0, 0.1) is 0 Å². The number of benzene rings is 1. The zero-order chi connectivity index (χ0) is 20.3. The Kier molecular flexibility index (Phi) is 10.2. The third-order valence-electron chi connectivity index (χ3n) is 4.19. The molecule has 0 radical (unpaired) electrons. The van der Waals surface area contributed by atoms with Crippen molar-refractivity contribution in [2.45, 2.75) is 25.9 Å². The van der Waals surface area contributed by atoms with E-state index in [0.29, 0.717) is 49.3 Å². The van der Waals surface area contributed by atoms with Crippen molar-refractivity contribution in [3.05, 3.63) is 66.1 Å². The summed E-state index contributed by atoms with van der Waals surface area (Å²) in [4.78, 5) is 13.1. The molecule has 0 bridgehead atoms. The van der Waals surface area contributed by atoms with Gasteiger partial charge in [-0.05, 0) is 31.0 Å². The molecule has 8 nitrogen and oxygen atoms in total. The van der Waals surface area contributed by atoms with Gasteiger partial charge in [0, 0.05) is 32.3 Å². The van der Waals surface area contributed by atoms with Gasteiger partial charge >= 0.3 is 0 Å². The molecule has 1 unspecified atom stereocenters. The summed E-state index contributed by atoms with van der Waals surface area (Å²) < 4.78 is 5.26. The Morgan fingerprint density at radius 2 is 1.93 bits per heavy atom. The molecule has 2 aromatic heterocycles. The summed E-state index contributed by atoms with van der Waals surface area (Å²) in [7, 11) is 0. The van der Waals surface area contributed by atoms with Gasteiger partial charge in [-0.3, -0.25) is 9.98 Å². The van der Waals surface area contributed by atoms with Gasteiger partial charge in [0.25, 0.3) is 5.89 Å². The molecule has 3 aromatic rings. The molecule has 0 aliphatic rings. The molecule has 160 valence electrons. The van der Waals surface area contributed by atoms with Gasteiger partial charge in [-0.2, -0.15) is 4.98 Å². The van der Waals surface area contributed by atoms with Gasteiger partial charge in [0.1, 0.15) is 5.69 Å². The Balaban J connectivity index is 0.00000320. The minimum absolute atomic E-state index is 0. The van der Waals surface area contributed by atoms with Gasteiger partial charge in [-0.25, -0.2) is 0 Å². The molecule has 0 aliphatic carbocycles. The molecule has 0 saturated heterocycles. The van der Waals surface area contributed by atoms with Crippen LogP contribution in [0.1, 0.15) is 30.8 Å². The second kappa shape index (κ2) is 12.9. The number of aliphatic hydroxyl groups is 1. The third kappa shape index (κ3) is 7.38. The van der Waals surface area contributed by atoms with Crippen LogP contribution in [0.3, 0.4) is 0 Å². The number of aliphatic hydroxyl groups excluding tert-OH is 1. The number of hydrogen-bond donors (Lipinski definition) is 3. The van der Waals surface area contributed by atoms with E-state index in [0.717, 1.165) is 12.1 Å². The summed E-state index contributed by atoms with van der Waals surface area (Å²) >= 11 is 0. The number of pyridine rings is 1.